The molecule has 0 N–H and O–H groups in total. The largest absolute Gasteiger partial charge is 0.418 e. The minimum absolute atomic E-state index is 0.224. The highest BCUT2D eigenvalue weighted by Crippen LogP contribution is 2.37. The molecular formula is C9H7BrClF3. The van der Waals surface area contributed by atoms with Gasteiger partial charge in [-0.15, -0.1) is 0 Å². The number of rotatable bonds is 2. The quantitative estimate of drug-likeness (QED) is 0.712. The van der Waals surface area contributed by atoms with Crippen LogP contribution in [-0.2, 0) is 12.6 Å². The van der Waals surface area contributed by atoms with Crippen molar-refractivity contribution in [1.29, 1.82) is 0 Å². The zero-order valence-electron chi connectivity index (χ0n) is 7.04. The number of benzene rings is 1. The van der Waals surface area contributed by atoms with E-state index in [1.165, 1.54) is 18.2 Å². The normalized spacial score (nSPS) is 11.8. The topological polar surface area (TPSA) is 0 Å². The van der Waals surface area contributed by atoms with Crippen LogP contribution in [0.1, 0.15) is 11.1 Å². The van der Waals surface area contributed by atoms with Gasteiger partial charge in [-0.3, -0.25) is 0 Å². The third-order valence-electron chi connectivity index (χ3n) is 1.75. The predicted molar refractivity (Wildman–Crippen MR) is 54.0 cm³/mol. The smallest absolute Gasteiger partial charge is 0.166 e. The molecule has 0 unspecified atom stereocenters. The van der Waals surface area contributed by atoms with Gasteiger partial charge in [0, 0.05) is 5.33 Å². The van der Waals surface area contributed by atoms with Crippen LogP contribution in [0.5, 0.6) is 0 Å². The molecule has 0 radical (unpaired) electrons. The van der Waals surface area contributed by atoms with Gasteiger partial charge in [-0.25, -0.2) is 0 Å². The minimum Gasteiger partial charge on any atom is -0.166 e. The van der Waals surface area contributed by atoms with Gasteiger partial charge >= 0.3 is 6.18 Å². The summed E-state index contributed by atoms with van der Waals surface area (Å²) in [7, 11) is 0. The van der Waals surface area contributed by atoms with Crippen molar-refractivity contribution in [2.75, 3.05) is 5.33 Å². The Morgan fingerprint density at radius 2 is 1.93 bits per heavy atom. The van der Waals surface area contributed by atoms with Crippen molar-refractivity contribution in [3.63, 3.8) is 0 Å². The first-order valence-electron chi connectivity index (χ1n) is 3.87. The standard InChI is InChI=1S/C9H7BrClF3/c10-5-4-6-2-1-3-7(11)8(6)9(12,13)14/h1-3H,4-5H2. The summed E-state index contributed by atoms with van der Waals surface area (Å²) in [5.74, 6) is 0. The van der Waals surface area contributed by atoms with Gasteiger partial charge in [0.25, 0.3) is 0 Å². The summed E-state index contributed by atoms with van der Waals surface area (Å²) in [6.45, 7) is 0. The number of alkyl halides is 4. The van der Waals surface area contributed by atoms with E-state index >= 15 is 0 Å². The lowest BCUT2D eigenvalue weighted by Gasteiger charge is -2.13. The lowest BCUT2D eigenvalue weighted by atomic mass is 10.1. The molecule has 0 saturated carbocycles. The lowest BCUT2D eigenvalue weighted by molar-refractivity contribution is -0.138. The average Bonchev–Trinajstić information content (AvgIpc) is 2.02. The van der Waals surface area contributed by atoms with Crippen LogP contribution >= 0.6 is 27.5 Å². The minimum atomic E-state index is -4.38. The molecule has 0 aliphatic rings. The zero-order valence-corrected chi connectivity index (χ0v) is 9.38. The Hall–Kier alpha value is -0.220. The van der Waals surface area contributed by atoms with Crippen LogP contribution in [0.3, 0.4) is 0 Å². The van der Waals surface area contributed by atoms with Gasteiger partial charge in [0.2, 0.25) is 0 Å². The van der Waals surface area contributed by atoms with Crippen LogP contribution in [0.25, 0.3) is 0 Å². The van der Waals surface area contributed by atoms with E-state index in [2.05, 4.69) is 15.9 Å². The highest BCUT2D eigenvalue weighted by Gasteiger charge is 2.35. The number of hydrogen-bond donors (Lipinski definition) is 0. The van der Waals surface area contributed by atoms with Crippen LogP contribution < -0.4 is 0 Å². The summed E-state index contributed by atoms with van der Waals surface area (Å²) in [5.41, 5.74) is -0.497. The highest BCUT2D eigenvalue weighted by molar-refractivity contribution is 9.09. The molecular weight excluding hydrogens is 280 g/mol. The van der Waals surface area contributed by atoms with Crippen molar-refractivity contribution in [3.8, 4) is 0 Å². The molecule has 5 heteroatoms. The Morgan fingerprint density at radius 1 is 1.29 bits per heavy atom. The monoisotopic (exact) mass is 286 g/mol. The average molecular weight is 288 g/mol. The van der Waals surface area contributed by atoms with Crippen molar-refractivity contribution in [3.05, 3.63) is 34.3 Å². The van der Waals surface area contributed by atoms with Gasteiger partial charge in [-0.2, -0.15) is 13.2 Å². The number of aryl methyl sites for hydroxylation is 1. The molecule has 0 atom stereocenters. The van der Waals surface area contributed by atoms with Crippen LogP contribution in [0.4, 0.5) is 13.2 Å². The third kappa shape index (κ3) is 2.64. The van der Waals surface area contributed by atoms with Crippen molar-refractivity contribution in [2.45, 2.75) is 12.6 Å². The SMILES string of the molecule is FC(F)(F)c1c(Cl)cccc1CCBr. The maximum atomic E-state index is 12.5. The van der Waals surface area contributed by atoms with Gasteiger partial charge in [-0.1, -0.05) is 39.7 Å². The molecule has 1 aromatic rings. The summed E-state index contributed by atoms with van der Waals surface area (Å²) >= 11 is 8.62. The molecule has 0 nitrogen and oxygen atoms in total. The summed E-state index contributed by atoms with van der Waals surface area (Å²) in [4.78, 5) is 0. The van der Waals surface area contributed by atoms with E-state index in [4.69, 9.17) is 11.6 Å². The molecule has 1 aromatic carbocycles. The molecule has 0 amide bonds. The van der Waals surface area contributed by atoms with Crippen molar-refractivity contribution in [2.24, 2.45) is 0 Å². The first-order chi connectivity index (χ1) is 6.46. The first-order valence-corrected chi connectivity index (χ1v) is 5.37. The summed E-state index contributed by atoms with van der Waals surface area (Å²) in [5, 5.41) is 0.243. The Kier molecular flexibility index (Phi) is 3.84. The van der Waals surface area contributed by atoms with E-state index in [0.717, 1.165) is 0 Å². The fourth-order valence-electron chi connectivity index (χ4n) is 1.20. The van der Waals surface area contributed by atoms with E-state index in [1.54, 1.807) is 0 Å². The van der Waals surface area contributed by atoms with E-state index in [9.17, 15) is 13.2 Å². The molecule has 0 fully saturated rings. The molecule has 1 rings (SSSR count). The van der Waals surface area contributed by atoms with E-state index < -0.39 is 11.7 Å². The molecule has 14 heavy (non-hydrogen) atoms. The number of halogens is 5. The van der Waals surface area contributed by atoms with Gasteiger partial charge in [-0.05, 0) is 18.1 Å². The zero-order chi connectivity index (χ0) is 10.8. The van der Waals surface area contributed by atoms with Crippen LogP contribution in [-0.4, -0.2) is 5.33 Å². The summed E-state index contributed by atoms with van der Waals surface area (Å²) < 4.78 is 37.6. The summed E-state index contributed by atoms with van der Waals surface area (Å²) in [6.07, 6.45) is -4.06. The van der Waals surface area contributed by atoms with Crippen molar-refractivity contribution < 1.29 is 13.2 Å². The second kappa shape index (κ2) is 4.53. The Morgan fingerprint density at radius 3 is 2.43 bits per heavy atom. The van der Waals surface area contributed by atoms with E-state index in [0.29, 0.717) is 11.8 Å². The molecule has 0 aromatic heterocycles. The van der Waals surface area contributed by atoms with E-state index in [1.807, 2.05) is 0 Å². The van der Waals surface area contributed by atoms with Crippen molar-refractivity contribution >= 4 is 27.5 Å². The Labute approximate surface area is 93.2 Å². The Balaban J connectivity index is 3.22. The molecule has 0 heterocycles. The number of hydrogen-bond acceptors (Lipinski definition) is 0. The van der Waals surface area contributed by atoms with Gasteiger partial charge < -0.3 is 0 Å². The highest BCUT2D eigenvalue weighted by atomic mass is 79.9. The van der Waals surface area contributed by atoms with Crippen LogP contribution in [0.15, 0.2) is 18.2 Å². The second-order valence-corrected chi connectivity index (χ2v) is 3.91. The van der Waals surface area contributed by atoms with Gasteiger partial charge in [0.05, 0.1) is 10.6 Å². The van der Waals surface area contributed by atoms with Crippen molar-refractivity contribution in [1.82, 2.24) is 0 Å². The van der Waals surface area contributed by atoms with Gasteiger partial charge in [0.1, 0.15) is 0 Å². The predicted octanol–water partition coefficient (Wildman–Crippen LogP) is 4.30. The maximum absolute atomic E-state index is 12.5. The molecule has 0 saturated heterocycles. The fraction of sp³-hybridized carbons (Fsp3) is 0.333. The fourth-order valence-corrected chi connectivity index (χ4v) is 1.92. The third-order valence-corrected chi connectivity index (χ3v) is 2.46. The van der Waals surface area contributed by atoms with Crippen LogP contribution in [0.2, 0.25) is 5.02 Å². The maximum Gasteiger partial charge on any atom is 0.418 e. The molecule has 0 bridgehead atoms. The lowest BCUT2D eigenvalue weighted by Crippen LogP contribution is -2.10. The second-order valence-electron chi connectivity index (χ2n) is 2.71. The van der Waals surface area contributed by atoms with E-state index in [-0.39, 0.29) is 10.6 Å². The van der Waals surface area contributed by atoms with Gasteiger partial charge in [0.15, 0.2) is 0 Å². The van der Waals surface area contributed by atoms with Crippen LogP contribution in [0, 0.1) is 0 Å². The molecule has 0 aliphatic heterocycles. The Bertz CT molecular complexity index is 322. The molecule has 78 valence electrons. The molecule has 0 aliphatic carbocycles. The molecule has 0 spiro atoms. The summed E-state index contributed by atoms with van der Waals surface area (Å²) in [6, 6.07) is 4.22. The first kappa shape index (κ1) is 11.9.